The van der Waals surface area contributed by atoms with E-state index in [9.17, 15) is 17.6 Å². The average molecular weight is 472 g/mol. The van der Waals surface area contributed by atoms with Crippen molar-refractivity contribution in [1.29, 1.82) is 0 Å². The summed E-state index contributed by atoms with van der Waals surface area (Å²) in [4.78, 5) is 14.6. The predicted molar refractivity (Wildman–Crippen MR) is 105 cm³/mol. The maximum atomic E-state index is 14.4. The van der Waals surface area contributed by atoms with Crippen LogP contribution in [-0.2, 0) is 14.3 Å². The summed E-state index contributed by atoms with van der Waals surface area (Å²) in [5, 5.41) is 0. The van der Waals surface area contributed by atoms with E-state index in [2.05, 4.69) is 15.9 Å². The lowest BCUT2D eigenvalue weighted by atomic mass is 10.0. The van der Waals surface area contributed by atoms with Gasteiger partial charge < -0.3 is 9.64 Å². The van der Waals surface area contributed by atoms with Crippen LogP contribution < -0.4 is 4.74 Å². The van der Waals surface area contributed by atoms with Gasteiger partial charge in [0, 0.05) is 24.1 Å². The van der Waals surface area contributed by atoms with E-state index >= 15 is 0 Å². The number of methoxy groups -OCH3 is 1. The van der Waals surface area contributed by atoms with Crippen LogP contribution in [-0.4, -0.2) is 45.2 Å². The minimum absolute atomic E-state index is 0.0310. The summed E-state index contributed by atoms with van der Waals surface area (Å²) in [6.07, 6.45) is 0.378. The molecule has 1 aliphatic heterocycles. The molecule has 1 aliphatic rings. The van der Waals surface area contributed by atoms with Crippen molar-refractivity contribution >= 4 is 32.0 Å². The summed E-state index contributed by atoms with van der Waals surface area (Å²) < 4.78 is 48.5. The molecule has 2 aromatic rings. The molecule has 0 saturated carbocycles. The second-order valence-electron chi connectivity index (χ2n) is 6.50. The Balaban J connectivity index is 1.97. The molecule has 1 fully saturated rings. The standard InChI is InChI=1S/C19H19BrFNO5S/c1-26-18-9-12(7-8-15(18)20)19(23)22-11-13(27-28(2,24)25)10-17(22)14-5-3-4-6-16(14)21/h3-9,13,17H,10-11H2,1-2H3. The third-order valence-electron chi connectivity index (χ3n) is 4.50. The summed E-state index contributed by atoms with van der Waals surface area (Å²) in [5.74, 6) is -0.339. The lowest BCUT2D eigenvalue weighted by Gasteiger charge is -2.25. The Morgan fingerprint density at radius 3 is 2.61 bits per heavy atom. The molecular weight excluding hydrogens is 453 g/mol. The van der Waals surface area contributed by atoms with Crippen molar-refractivity contribution in [2.45, 2.75) is 18.6 Å². The molecule has 0 radical (unpaired) electrons. The average Bonchev–Trinajstić information content (AvgIpc) is 3.03. The van der Waals surface area contributed by atoms with Crippen LogP contribution in [0.5, 0.6) is 5.75 Å². The van der Waals surface area contributed by atoms with Crippen molar-refractivity contribution in [3.8, 4) is 5.75 Å². The molecule has 2 atom stereocenters. The topological polar surface area (TPSA) is 72.9 Å². The van der Waals surface area contributed by atoms with Crippen LogP contribution >= 0.6 is 15.9 Å². The van der Waals surface area contributed by atoms with E-state index in [0.717, 1.165) is 6.26 Å². The monoisotopic (exact) mass is 471 g/mol. The quantitative estimate of drug-likeness (QED) is 0.623. The van der Waals surface area contributed by atoms with Gasteiger partial charge in [-0.2, -0.15) is 8.42 Å². The minimum Gasteiger partial charge on any atom is -0.496 e. The first-order valence-corrected chi connectivity index (χ1v) is 11.1. The van der Waals surface area contributed by atoms with Gasteiger partial charge >= 0.3 is 0 Å². The normalized spacial score (nSPS) is 19.6. The lowest BCUT2D eigenvalue weighted by Crippen LogP contribution is -2.32. The first-order valence-electron chi connectivity index (χ1n) is 8.47. The molecule has 6 nitrogen and oxygen atoms in total. The number of amides is 1. The van der Waals surface area contributed by atoms with Crippen molar-refractivity contribution in [3.05, 3.63) is 63.9 Å². The van der Waals surface area contributed by atoms with E-state index in [4.69, 9.17) is 8.92 Å². The molecule has 9 heteroatoms. The Morgan fingerprint density at radius 1 is 1.25 bits per heavy atom. The zero-order valence-electron chi connectivity index (χ0n) is 15.3. The molecule has 2 aromatic carbocycles. The zero-order valence-corrected chi connectivity index (χ0v) is 17.7. The van der Waals surface area contributed by atoms with E-state index in [1.807, 2.05) is 0 Å². The van der Waals surface area contributed by atoms with Gasteiger partial charge in [0.25, 0.3) is 16.0 Å². The molecule has 150 valence electrons. The molecule has 1 saturated heterocycles. The number of hydrogen-bond donors (Lipinski definition) is 0. The van der Waals surface area contributed by atoms with Crippen LogP contribution in [0, 0.1) is 5.82 Å². The van der Waals surface area contributed by atoms with Crippen molar-refractivity contribution in [1.82, 2.24) is 4.90 Å². The van der Waals surface area contributed by atoms with Gasteiger partial charge in [-0.25, -0.2) is 4.39 Å². The van der Waals surface area contributed by atoms with E-state index in [-0.39, 0.29) is 18.9 Å². The Bertz CT molecular complexity index is 998. The maximum Gasteiger partial charge on any atom is 0.264 e. The SMILES string of the molecule is COc1cc(C(=O)N2CC(OS(C)(=O)=O)CC2c2ccccc2F)ccc1Br. The highest BCUT2D eigenvalue weighted by Gasteiger charge is 2.39. The van der Waals surface area contributed by atoms with Crippen LogP contribution in [0.3, 0.4) is 0 Å². The third kappa shape index (κ3) is 4.53. The molecular formula is C19H19BrFNO5S. The Labute approximate surface area is 171 Å². The lowest BCUT2D eigenvalue weighted by molar-refractivity contribution is 0.0719. The highest BCUT2D eigenvalue weighted by Crippen LogP contribution is 2.37. The van der Waals surface area contributed by atoms with Gasteiger partial charge in [0.15, 0.2) is 0 Å². The van der Waals surface area contributed by atoms with Crippen LogP contribution in [0.25, 0.3) is 0 Å². The molecule has 0 spiro atoms. The van der Waals surface area contributed by atoms with Gasteiger partial charge in [-0.3, -0.25) is 8.98 Å². The Hall–Kier alpha value is -1.97. The Morgan fingerprint density at radius 2 is 1.96 bits per heavy atom. The van der Waals surface area contributed by atoms with Crippen molar-refractivity contribution in [2.24, 2.45) is 0 Å². The number of carbonyl (C=O) groups is 1. The molecule has 2 unspecified atom stereocenters. The maximum absolute atomic E-state index is 14.4. The summed E-state index contributed by atoms with van der Waals surface area (Å²) in [7, 11) is -2.22. The molecule has 1 amide bonds. The Kier molecular flexibility index (Phi) is 6.07. The van der Waals surface area contributed by atoms with Gasteiger partial charge in [-0.15, -0.1) is 0 Å². The number of ether oxygens (including phenoxy) is 1. The van der Waals surface area contributed by atoms with Gasteiger partial charge in [0.1, 0.15) is 11.6 Å². The highest BCUT2D eigenvalue weighted by molar-refractivity contribution is 9.10. The number of benzene rings is 2. The number of rotatable bonds is 5. The van der Waals surface area contributed by atoms with Gasteiger partial charge in [-0.05, 0) is 40.2 Å². The number of likely N-dealkylation sites (tertiary alicyclic amines) is 1. The fourth-order valence-electron chi connectivity index (χ4n) is 3.34. The first kappa shape index (κ1) is 20.8. The van der Waals surface area contributed by atoms with Gasteiger partial charge in [0.2, 0.25) is 0 Å². The number of carbonyl (C=O) groups excluding carboxylic acids is 1. The smallest absolute Gasteiger partial charge is 0.264 e. The number of halogens is 2. The van der Waals surface area contributed by atoms with Crippen molar-refractivity contribution < 1.29 is 26.5 Å². The first-order chi connectivity index (χ1) is 13.2. The second-order valence-corrected chi connectivity index (χ2v) is 8.96. The summed E-state index contributed by atoms with van der Waals surface area (Å²) in [6.45, 7) is 0.0310. The van der Waals surface area contributed by atoms with E-state index in [1.165, 1.54) is 18.1 Å². The highest BCUT2D eigenvalue weighted by atomic mass is 79.9. The third-order valence-corrected chi connectivity index (χ3v) is 5.77. The fraction of sp³-hybridized carbons (Fsp3) is 0.316. The summed E-state index contributed by atoms with van der Waals surface area (Å²) >= 11 is 3.34. The van der Waals surface area contributed by atoms with E-state index in [0.29, 0.717) is 21.3 Å². The van der Waals surface area contributed by atoms with Crippen molar-refractivity contribution in [3.63, 3.8) is 0 Å². The largest absolute Gasteiger partial charge is 0.496 e. The minimum atomic E-state index is -3.71. The summed E-state index contributed by atoms with van der Waals surface area (Å²) in [6, 6.07) is 10.4. The van der Waals surface area contributed by atoms with Gasteiger partial charge in [0.05, 0.1) is 30.0 Å². The van der Waals surface area contributed by atoms with Gasteiger partial charge in [-0.1, -0.05) is 18.2 Å². The molecule has 1 heterocycles. The van der Waals surface area contributed by atoms with Crippen molar-refractivity contribution in [2.75, 3.05) is 19.9 Å². The van der Waals surface area contributed by atoms with Crippen LogP contribution in [0.15, 0.2) is 46.9 Å². The second kappa shape index (κ2) is 8.18. The number of nitrogens with zero attached hydrogens (tertiary/aromatic N) is 1. The molecule has 0 N–H and O–H groups in total. The number of hydrogen-bond acceptors (Lipinski definition) is 5. The van der Waals surface area contributed by atoms with Crippen LogP contribution in [0.4, 0.5) is 4.39 Å². The van der Waals surface area contributed by atoms with Crippen LogP contribution in [0.1, 0.15) is 28.4 Å². The molecule has 0 aromatic heterocycles. The molecule has 0 aliphatic carbocycles. The van der Waals surface area contributed by atoms with E-state index < -0.39 is 28.1 Å². The fourth-order valence-corrected chi connectivity index (χ4v) is 4.38. The van der Waals surface area contributed by atoms with Crippen LogP contribution in [0.2, 0.25) is 0 Å². The van der Waals surface area contributed by atoms with E-state index in [1.54, 1.807) is 36.4 Å². The molecule has 28 heavy (non-hydrogen) atoms. The molecule has 0 bridgehead atoms. The molecule has 3 rings (SSSR count). The summed E-state index contributed by atoms with van der Waals surface area (Å²) in [5.41, 5.74) is 0.668. The predicted octanol–water partition coefficient (Wildman–Crippen LogP) is 3.53. The zero-order chi connectivity index (χ0) is 20.5.